The van der Waals surface area contributed by atoms with E-state index < -0.39 is 22.0 Å². The Hall–Kier alpha value is -2.35. The molecule has 1 N–H and O–H groups in total. The van der Waals surface area contributed by atoms with Crippen molar-refractivity contribution < 1.29 is 18.3 Å². The molecular formula is C13H13N3O4S. The number of fused-ring (bicyclic) bond motifs is 1. The molecule has 0 radical (unpaired) electrons. The lowest BCUT2D eigenvalue weighted by molar-refractivity contribution is -0.138. The zero-order valence-electron chi connectivity index (χ0n) is 11.2. The van der Waals surface area contributed by atoms with Gasteiger partial charge in [0.2, 0.25) is 0 Å². The Morgan fingerprint density at radius 3 is 2.67 bits per heavy atom. The van der Waals surface area contributed by atoms with Crippen LogP contribution in [0.2, 0.25) is 0 Å². The average molecular weight is 307 g/mol. The van der Waals surface area contributed by atoms with Crippen molar-refractivity contribution in [1.29, 1.82) is 0 Å². The molecular weight excluding hydrogens is 294 g/mol. The van der Waals surface area contributed by atoms with Crippen molar-refractivity contribution in [3.8, 4) is 0 Å². The third kappa shape index (κ3) is 1.99. The van der Waals surface area contributed by atoms with Crippen LogP contribution in [0.5, 0.6) is 0 Å². The molecule has 1 aliphatic heterocycles. The Labute approximate surface area is 121 Å². The van der Waals surface area contributed by atoms with Crippen LogP contribution in [0.1, 0.15) is 5.56 Å². The normalized spacial score (nSPS) is 17.8. The van der Waals surface area contributed by atoms with Crippen LogP contribution in [0.25, 0.3) is 0 Å². The van der Waals surface area contributed by atoms with E-state index in [1.807, 2.05) is 0 Å². The monoisotopic (exact) mass is 307 g/mol. The molecule has 0 saturated carbocycles. The van der Waals surface area contributed by atoms with E-state index in [2.05, 4.69) is 5.10 Å². The van der Waals surface area contributed by atoms with Gasteiger partial charge in [0.25, 0.3) is 10.0 Å². The number of sulfonamides is 1. The number of aliphatic carboxylic acids is 1. The minimum Gasteiger partial charge on any atom is -0.480 e. The molecule has 8 heteroatoms. The van der Waals surface area contributed by atoms with Crippen LogP contribution in [0.4, 0.5) is 5.69 Å². The fourth-order valence-corrected chi connectivity index (χ4v) is 4.31. The standard InChI is InChI=1S/C13H13N3O4S/c1-15-12(6-7-14-15)21(19,20)16-10-5-3-2-4-9(10)8-11(16)13(17)18/h2-7,11H,8H2,1H3,(H,17,18)/t11-/m0/s1. The lowest BCUT2D eigenvalue weighted by atomic mass is 10.1. The van der Waals surface area contributed by atoms with E-state index in [1.165, 1.54) is 24.0 Å². The Morgan fingerprint density at radius 1 is 1.33 bits per heavy atom. The molecule has 1 aromatic heterocycles. The summed E-state index contributed by atoms with van der Waals surface area (Å²) in [4.78, 5) is 11.5. The summed E-state index contributed by atoms with van der Waals surface area (Å²) in [5, 5.41) is 13.2. The Kier molecular flexibility index (Phi) is 2.98. The van der Waals surface area contributed by atoms with Crippen LogP contribution >= 0.6 is 0 Å². The molecule has 0 saturated heterocycles. The van der Waals surface area contributed by atoms with Crippen molar-refractivity contribution in [2.75, 3.05) is 4.31 Å². The molecule has 3 rings (SSSR count). The number of rotatable bonds is 3. The smallest absolute Gasteiger partial charge is 0.327 e. The maximum absolute atomic E-state index is 12.8. The van der Waals surface area contributed by atoms with Crippen LogP contribution in [0.15, 0.2) is 41.6 Å². The highest BCUT2D eigenvalue weighted by atomic mass is 32.2. The van der Waals surface area contributed by atoms with Gasteiger partial charge in [-0.15, -0.1) is 0 Å². The summed E-state index contributed by atoms with van der Waals surface area (Å²) < 4.78 is 27.8. The minimum atomic E-state index is -3.98. The third-order valence-electron chi connectivity index (χ3n) is 3.51. The van der Waals surface area contributed by atoms with Crippen molar-refractivity contribution in [2.45, 2.75) is 17.5 Å². The molecule has 1 aromatic carbocycles. The minimum absolute atomic E-state index is 0.0366. The second kappa shape index (κ2) is 4.59. The molecule has 0 bridgehead atoms. The summed E-state index contributed by atoms with van der Waals surface area (Å²) >= 11 is 0. The van der Waals surface area contributed by atoms with Crippen molar-refractivity contribution >= 4 is 21.7 Å². The lowest BCUT2D eigenvalue weighted by Gasteiger charge is -2.24. The van der Waals surface area contributed by atoms with Crippen molar-refractivity contribution in [2.24, 2.45) is 7.05 Å². The summed E-state index contributed by atoms with van der Waals surface area (Å²) in [6.07, 6.45) is 1.52. The number of carboxylic acids is 1. The second-order valence-electron chi connectivity index (χ2n) is 4.78. The van der Waals surface area contributed by atoms with Gasteiger partial charge in [0.15, 0.2) is 5.03 Å². The predicted octanol–water partition coefficient (Wildman–Crippen LogP) is 0.625. The van der Waals surface area contributed by atoms with Crippen LogP contribution in [0.3, 0.4) is 0 Å². The number of aromatic nitrogens is 2. The molecule has 0 spiro atoms. The molecule has 2 heterocycles. The molecule has 0 amide bonds. The van der Waals surface area contributed by atoms with E-state index in [0.717, 1.165) is 4.31 Å². The van der Waals surface area contributed by atoms with Crippen LogP contribution in [-0.2, 0) is 28.3 Å². The number of anilines is 1. The van der Waals surface area contributed by atoms with Gasteiger partial charge in [0.05, 0.1) is 11.9 Å². The number of hydrogen-bond donors (Lipinski definition) is 1. The van der Waals surface area contributed by atoms with E-state index in [1.54, 1.807) is 24.3 Å². The van der Waals surface area contributed by atoms with E-state index >= 15 is 0 Å². The van der Waals surface area contributed by atoms with E-state index in [-0.39, 0.29) is 11.4 Å². The van der Waals surface area contributed by atoms with Crippen LogP contribution in [-0.4, -0.2) is 35.3 Å². The largest absolute Gasteiger partial charge is 0.480 e. The molecule has 0 aliphatic carbocycles. The molecule has 21 heavy (non-hydrogen) atoms. The van der Waals surface area contributed by atoms with Gasteiger partial charge in [-0.3, -0.25) is 8.99 Å². The Morgan fingerprint density at radius 2 is 2.05 bits per heavy atom. The second-order valence-corrected chi connectivity index (χ2v) is 6.54. The fraction of sp³-hybridized carbons (Fsp3) is 0.231. The van der Waals surface area contributed by atoms with Crippen LogP contribution < -0.4 is 4.31 Å². The number of aryl methyl sites for hydroxylation is 1. The topological polar surface area (TPSA) is 92.5 Å². The molecule has 110 valence electrons. The summed E-state index contributed by atoms with van der Waals surface area (Å²) in [5.74, 6) is -1.17. The molecule has 0 unspecified atom stereocenters. The molecule has 0 fully saturated rings. The average Bonchev–Trinajstić information content (AvgIpc) is 3.02. The number of nitrogens with zero attached hydrogens (tertiary/aromatic N) is 3. The maximum Gasteiger partial charge on any atom is 0.327 e. The van der Waals surface area contributed by atoms with Gasteiger partial charge >= 0.3 is 5.97 Å². The van der Waals surface area contributed by atoms with Gasteiger partial charge in [-0.25, -0.2) is 4.79 Å². The number of hydrogen-bond acceptors (Lipinski definition) is 4. The first kappa shape index (κ1) is 13.6. The summed E-state index contributed by atoms with van der Waals surface area (Å²) in [7, 11) is -2.48. The highest BCUT2D eigenvalue weighted by molar-refractivity contribution is 7.92. The molecule has 2 aromatic rings. The lowest BCUT2D eigenvalue weighted by Crippen LogP contribution is -2.43. The van der Waals surface area contributed by atoms with E-state index in [0.29, 0.717) is 11.3 Å². The molecule has 7 nitrogen and oxygen atoms in total. The highest BCUT2D eigenvalue weighted by Crippen LogP contribution is 2.36. The van der Waals surface area contributed by atoms with E-state index in [4.69, 9.17) is 0 Å². The summed E-state index contributed by atoms with van der Waals surface area (Å²) in [6.45, 7) is 0. The Balaban J connectivity index is 2.19. The number of benzene rings is 1. The number of carbonyl (C=O) groups is 1. The van der Waals surface area contributed by atoms with Crippen molar-refractivity contribution in [3.63, 3.8) is 0 Å². The fourth-order valence-electron chi connectivity index (χ4n) is 2.56. The Bertz CT molecular complexity index is 812. The number of carboxylic acid groups (broad SMARTS) is 1. The first-order valence-corrected chi connectivity index (χ1v) is 7.70. The van der Waals surface area contributed by atoms with Gasteiger partial charge in [-0.05, 0) is 17.7 Å². The molecule has 1 aliphatic rings. The van der Waals surface area contributed by atoms with Crippen molar-refractivity contribution in [1.82, 2.24) is 9.78 Å². The SMILES string of the molecule is Cn1nccc1S(=O)(=O)N1c2ccccc2C[C@H]1C(=O)O. The van der Waals surface area contributed by atoms with Crippen LogP contribution in [0, 0.1) is 0 Å². The van der Waals surface area contributed by atoms with E-state index in [9.17, 15) is 18.3 Å². The van der Waals surface area contributed by atoms with Gasteiger partial charge < -0.3 is 5.11 Å². The number of para-hydroxylation sites is 1. The van der Waals surface area contributed by atoms with Gasteiger partial charge in [0, 0.05) is 13.5 Å². The molecule has 1 atom stereocenters. The zero-order chi connectivity index (χ0) is 15.2. The predicted molar refractivity (Wildman–Crippen MR) is 74.4 cm³/mol. The quantitative estimate of drug-likeness (QED) is 0.897. The summed E-state index contributed by atoms with van der Waals surface area (Å²) in [6, 6.07) is 7.03. The first-order valence-electron chi connectivity index (χ1n) is 6.26. The first-order chi connectivity index (χ1) is 9.93. The maximum atomic E-state index is 12.8. The third-order valence-corrected chi connectivity index (χ3v) is 5.41. The van der Waals surface area contributed by atoms with Gasteiger partial charge in [0.1, 0.15) is 6.04 Å². The van der Waals surface area contributed by atoms with Gasteiger partial charge in [-0.2, -0.15) is 13.5 Å². The van der Waals surface area contributed by atoms with Gasteiger partial charge in [-0.1, -0.05) is 18.2 Å². The summed E-state index contributed by atoms with van der Waals surface area (Å²) in [5.41, 5.74) is 1.11. The zero-order valence-corrected chi connectivity index (χ0v) is 12.0. The van der Waals surface area contributed by atoms with Crippen molar-refractivity contribution in [3.05, 3.63) is 42.1 Å². The highest BCUT2D eigenvalue weighted by Gasteiger charge is 2.43.